The second-order valence-electron chi connectivity index (χ2n) is 6.94. The zero-order chi connectivity index (χ0) is 18.5. The Bertz CT molecular complexity index is 771. The summed E-state index contributed by atoms with van der Waals surface area (Å²) in [6.45, 7) is 5.66. The molecule has 138 valence electrons. The Hall–Kier alpha value is -2.34. The van der Waals surface area contributed by atoms with E-state index < -0.39 is 0 Å². The van der Waals surface area contributed by atoms with Crippen LogP contribution < -0.4 is 15.5 Å². The van der Waals surface area contributed by atoms with Crippen LogP contribution in [0.25, 0.3) is 0 Å². The summed E-state index contributed by atoms with van der Waals surface area (Å²) in [5, 5.41) is 7.68. The van der Waals surface area contributed by atoms with Crippen LogP contribution in [-0.4, -0.2) is 25.0 Å². The van der Waals surface area contributed by atoms with E-state index >= 15 is 0 Å². The molecule has 0 aliphatic carbocycles. The van der Waals surface area contributed by atoms with Crippen LogP contribution in [0.5, 0.6) is 0 Å². The second kappa shape index (κ2) is 8.36. The Morgan fingerprint density at radius 1 is 1.27 bits per heavy atom. The number of rotatable bonds is 5. The molecule has 2 aromatic rings. The molecule has 3 amide bonds. The van der Waals surface area contributed by atoms with E-state index in [9.17, 15) is 9.59 Å². The van der Waals surface area contributed by atoms with Gasteiger partial charge in [-0.1, -0.05) is 19.9 Å². The fourth-order valence-corrected chi connectivity index (χ4v) is 3.74. The van der Waals surface area contributed by atoms with E-state index in [4.69, 9.17) is 0 Å². The SMILES string of the molecule is CC(C)CCNC(=O)Nc1ccc2c(c1)CCCN2C(=O)c1cccs1. The number of carbonyl (C=O) groups is 2. The van der Waals surface area contributed by atoms with Crippen molar-refractivity contribution in [3.05, 3.63) is 46.2 Å². The number of hydrogen-bond acceptors (Lipinski definition) is 3. The van der Waals surface area contributed by atoms with Crippen molar-refractivity contribution in [2.45, 2.75) is 33.1 Å². The van der Waals surface area contributed by atoms with Gasteiger partial charge in [-0.15, -0.1) is 11.3 Å². The third-order valence-electron chi connectivity index (χ3n) is 4.44. The Labute approximate surface area is 158 Å². The minimum Gasteiger partial charge on any atom is -0.338 e. The average molecular weight is 372 g/mol. The summed E-state index contributed by atoms with van der Waals surface area (Å²) in [5.74, 6) is 0.610. The molecule has 1 aromatic heterocycles. The fourth-order valence-electron chi connectivity index (χ4n) is 3.07. The van der Waals surface area contributed by atoms with Gasteiger partial charge in [-0.3, -0.25) is 4.79 Å². The van der Waals surface area contributed by atoms with E-state index in [0.717, 1.165) is 47.6 Å². The second-order valence-corrected chi connectivity index (χ2v) is 7.89. The highest BCUT2D eigenvalue weighted by atomic mass is 32.1. The number of nitrogens with one attached hydrogen (secondary N) is 2. The Kier molecular flexibility index (Phi) is 5.93. The maximum Gasteiger partial charge on any atom is 0.319 e. The van der Waals surface area contributed by atoms with Crippen LogP contribution in [-0.2, 0) is 6.42 Å². The summed E-state index contributed by atoms with van der Waals surface area (Å²) in [4.78, 5) is 27.3. The van der Waals surface area contributed by atoms with Crippen molar-refractivity contribution in [2.75, 3.05) is 23.3 Å². The molecule has 3 rings (SSSR count). The maximum atomic E-state index is 12.7. The Morgan fingerprint density at radius 3 is 2.85 bits per heavy atom. The first-order valence-electron chi connectivity index (χ1n) is 9.07. The molecule has 1 aliphatic heterocycles. The summed E-state index contributed by atoms with van der Waals surface area (Å²) >= 11 is 1.46. The van der Waals surface area contributed by atoms with Crippen molar-refractivity contribution < 1.29 is 9.59 Å². The molecule has 2 N–H and O–H groups in total. The van der Waals surface area contributed by atoms with Crippen LogP contribution in [0, 0.1) is 5.92 Å². The molecule has 0 bridgehead atoms. The lowest BCUT2D eigenvalue weighted by atomic mass is 10.0. The highest BCUT2D eigenvalue weighted by molar-refractivity contribution is 7.12. The van der Waals surface area contributed by atoms with Gasteiger partial charge < -0.3 is 15.5 Å². The van der Waals surface area contributed by atoms with Crippen LogP contribution in [0.4, 0.5) is 16.2 Å². The molecule has 6 heteroatoms. The van der Waals surface area contributed by atoms with Gasteiger partial charge in [0.1, 0.15) is 0 Å². The Balaban J connectivity index is 1.68. The van der Waals surface area contributed by atoms with Gasteiger partial charge in [0.15, 0.2) is 0 Å². The third kappa shape index (κ3) is 4.43. The predicted octanol–water partition coefficient (Wildman–Crippen LogP) is 4.51. The van der Waals surface area contributed by atoms with Crippen molar-refractivity contribution in [1.29, 1.82) is 0 Å². The smallest absolute Gasteiger partial charge is 0.319 e. The molecule has 0 radical (unpaired) electrons. The van der Waals surface area contributed by atoms with Crippen molar-refractivity contribution in [3.8, 4) is 0 Å². The molecule has 26 heavy (non-hydrogen) atoms. The molecule has 0 saturated heterocycles. The minimum absolute atomic E-state index is 0.0492. The molecular weight excluding hydrogens is 346 g/mol. The number of benzene rings is 1. The average Bonchev–Trinajstić information content (AvgIpc) is 3.14. The molecular formula is C20H25N3O2S. The van der Waals surface area contributed by atoms with Crippen molar-refractivity contribution >= 4 is 34.6 Å². The summed E-state index contributed by atoms with van der Waals surface area (Å²) in [6.07, 6.45) is 2.79. The Morgan fingerprint density at radius 2 is 2.12 bits per heavy atom. The van der Waals surface area contributed by atoms with Crippen molar-refractivity contribution in [2.24, 2.45) is 5.92 Å². The highest BCUT2D eigenvalue weighted by Crippen LogP contribution is 2.31. The zero-order valence-electron chi connectivity index (χ0n) is 15.2. The number of nitrogens with zero attached hydrogens (tertiary/aromatic N) is 1. The molecule has 2 heterocycles. The summed E-state index contributed by atoms with van der Waals surface area (Å²) in [6, 6.07) is 9.34. The first kappa shape index (κ1) is 18.5. The molecule has 0 unspecified atom stereocenters. The lowest BCUT2D eigenvalue weighted by Crippen LogP contribution is -2.35. The molecule has 0 spiro atoms. The molecule has 5 nitrogen and oxygen atoms in total. The monoisotopic (exact) mass is 371 g/mol. The van der Waals surface area contributed by atoms with Crippen LogP contribution in [0.3, 0.4) is 0 Å². The quantitative estimate of drug-likeness (QED) is 0.812. The van der Waals surface area contributed by atoms with Gasteiger partial charge in [0.05, 0.1) is 4.88 Å². The molecule has 1 aromatic carbocycles. The van der Waals surface area contributed by atoms with Gasteiger partial charge in [0, 0.05) is 24.5 Å². The van der Waals surface area contributed by atoms with Gasteiger partial charge in [0.2, 0.25) is 0 Å². The predicted molar refractivity (Wildman–Crippen MR) is 107 cm³/mol. The topological polar surface area (TPSA) is 61.4 Å². The number of carbonyl (C=O) groups excluding carboxylic acids is 2. The van der Waals surface area contributed by atoms with E-state index in [0.29, 0.717) is 12.5 Å². The number of amides is 3. The fraction of sp³-hybridized carbons (Fsp3) is 0.400. The van der Waals surface area contributed by atoms with Crippen LogP contribution in [0.15, 0.2) is 35.7 Å². The number of urea groups is 1. The first-order valence-corrected chi connectivity index (χ1v) is 9.95. The highest BCUT2D eigenvalue weighted by Gasteiger charge is 2.24. The summed E-state index contributed by atoms with van der Waals surface area (Å²) < 4.78 is 0. The summed E-state index contributed by atoms with van der Waals surface area (Å²) in [5.41, 5.74) is 2.80. The molecule has 0 atom stereocenters. The zero-order valence-corrected chi connectivity index (χ0v) is 16.1. The number of hydrogen-bond donors (Lipinski definition) is 2. The standard InChI is InChI=1S/C20H25N3O2S/c1-14(2)9-10-21-20(25)22-16-7-8-17-15(13-16)5-3-11-23(17)19(24)18-6-4-12-26-18/h4,6-8,12-14H,3,5,9-11H2,1-2H3,(H2,21,22,25). The van der Waals surface area contributed by atoms with E-state index in [-0.39, 0.29) is 11.9 Å². The molecule has 1 aliphatic rings. The van der Waals surface area contributed by atoms with E-state index in [1.807, 2.05) is 40.6 Å². The largest absolute Gasteiger partial charge is 0.338 e. The van der Waals surface area contributed by atoms with Crippen molar-refractivity contribution in [1.82, 2.24) is 5.32 Å². The van der Waals surface area contributed by atoms with E-state index in [2.05, 4.69) is 24.5 Å². The third-order valence-corrected chi connectivity index (χ3v) is 5.30. The van der Waals surface area contributed by atoms with Gasteiger partial charge in [0.25, 0.3) is 5.91 Å². The van der Waals surface area contributed by atoms with Crippen LogP contribution in [0.1, 0.15) is 41.9 Å². The molecule has 0 saturated carbocycles. The van der Waals surface area contributed by atoms with Gasteiger partial charge in [-0.2, -0.15) is 0 Å². The maximum absolute atomic E-state index is 12.7. The summed E-state index contributed by atoms with van der Waals surface area (Å²) in [7, 11) is 0. The minimum atomic E-state index is -0.187. The van der Waals surface area contributed by atoms with E-state index in [1.54, 1.807) is 0 Å². The van der Waals surface area contributed by atoms with Crippen LogP contribution in [0.2, 0.25) is 0 Å². The number of fused-ring (bicyclic) bond motifs is 1. The first-order chi connectivity index (χ1) is 12.5. The number of thiophene rings is 1. The normalized spacial score (nSPS) is 13.4. The van der Waals surface area contributed by atoms with Crippen molar-refractivity contribution in [3.63, 3.8) is 0 Å². The van der Waals surface area contributed by atoms with Gasteiger partial charge >= 0.3 is 6.03 Å². The van der Waals surface area contributed by atoms with Gasteiger partial charge in [-0.25, -0.2) is 4.79 Å². The lowest BCUT2D eigenvalue weighted by Gasteiger charge is -2.29. The molecule has 0 fully saturated rings. The number of anilines is 2. The van der Waals surface area contributed by atoms with Crippen LogP contribution >= 0.6 is 11.3 Å². The lowest BCUT2D eigenvalue weighted by molar-refractivity contribution is 0.0989. The number of aryl methyl sites for hydroxylation is 1. The van der Waals surface area contributed by atoms with E-state index in [1.165, 1.54) is 11.3 Å². The van der Waals surface area contributed by atoms with Gasteiger partial charge in [-0.05, 0) is 60.4 Å².